The van der Waals surface area contributed by atoms with Crippen LogP contribution in [0.1, 0.15) is 36.8 Å². The molecular weight excluding hydrogens is 353 g/mol. The van der Waals surface area contributed by atoms with Gasteiger partial charge < -0.3 is 4.98 Å². The average molecular weight is 369 g/mol. The van der Waals surface area contributed by atoms with Gasteiger partial charge in [0.2, 0.25) is 0 Å². The highest BCUT2D eigenvalue weighted by Crippen LogP contribution is 2.21. The van der Waals surface area contributed by atoms with E-state index in [1.54, 1.807) is 0 Å². The monoisotopic (exact) mass is 369 g/mol. The molecule has 0 aromatic carbocycles. The largest absolute Gasteiger partial charge is 0.306 e. The maximum absolute atomic E-state index is 12.0. The molecule has 0 aliphatic carbocycles. The van der Waals surface area contributed by atoms with E-state index in [-0.39, 0.29) is 11.5 Å². The van der Waals surface area contributed by atoms with Crippen LogP contribution in [-0.4, -0.2) is 15.0 Å². The minimum absolute atomic E-state index is 0.0820. The number of pyridine rings is 1. The van der Waals surface area contributed by atoms with E-state index in [4.69, 9.17) is 0 Å². The molecule has 2 heterocycles. The lowest BCUT2D eigenvalue weighted by Crippen LogP contribution is -2.17. The molecular formula is C14H16IN3O. The first kappa shape index (κ1) is 14.2. The summed E-state index contributed by atoms with van der Waals surface area (Å²) in [5.41, 5.74) is 3.50. The van der Waals surface area contributed by atoms with Gasteiger partial charge in [0.05, 0.1) is 9.26 Å². The Balaban J connectivity index is 2.66. The van der Waals surface area contributed by atoms with Gasteiger partial charge in [0.1, 0.15) is 5.82 Å². The molecule has 2 aromatic heterocycles. The molecule has 0 fully saturated rings. The average Bonchev–Trinajstić information content (AvgIpc) is 2.30. The molecule has 100 valence electrons. The molecule has 0 atom stereocenters. The maximum Gasteiger partial charge on any atom is 0.264 e. The van der Waals surface area contributed by atoms with E-state index in [2.05, 4.69) is 37.5 Å². The number of aromatic amines is 1. The van der Waals surface area contributed by atoms with Crippen molar-refractivity contribution in [1.29, 1.82) is 0 Å². The number of nitrogens with one attached hydrogen (secondary N) is 1. The molecule has 0 aliphatic rings. The van der Waals surface area contributed by atoms with Crippen LogP contribution >= 0.6 is 22.6 Å². The van der Waals surface area contributed by atoms with E-state index >= 15 is 0 Å². The minimum atomic E-state index is -0.0820. The van der Waals surface area contributed by atoms with Gasteiger partial charge in [0.25, 0.3) is 5.56 Å². The normalized spacial score (nSPS) is 11.1. The van der Waals surface area contributed by atoms with Crippen LogP contribution in [0.3, 0.4) is 0 Å². The first-order valence-electron chi connectivity index (χ1n) is 6.14. The standard InChI is InChI=1S/C14H16IN3O/c1-7(2)12-11(15)14(19)18-13(17-12)10-5-8(3)16-9(4)6-10/h5-7H,1-4H3,(H,17,18,19). The predicted octanol–water partition coefficient (Wildman–Crippen LogP) is 3.18. The summed E-state index contributed by atoms with van der Waals surface area (Å²) in [6.45, 7) is 7.95. The molecule has 0 unspecified atom stereocenters. The van der Waals surface area contributed by atoms with Crippen LogP contribution in [0.15, 0.2) is 16.9 Å². The number of hydrogen-bond donors (Lipinski definition) is 1. The lowest BCUT2D eigenvalue weighted by molar-refractivity contribution is 0.802. The minimum Gasteiger partial charge on any atom is -0.306 e. The summed E-state index contributed by atoms with van der Waals surface area (Å²) in [5.74, 6) is 0.833. The Kier molecular flexibility index (Phi) is 4.03. The highest BCUT2D eigenvalue weighted by atomic mass is 127. The summed E-state index contributed by atoms with van der Waals surface area (Å²) in [7, 11) is 0. The molecule has 0 amide bonds. The topological polar surface area (TPSA) is 58.6 Å². The number of hydrogen-bond acceptors (Lipinski definition) is 3. The van der Waals surface area contributed by atoms with Crippen LogP contribution in [0.25, 0.3) is 11.4 Å². The van der Waals surface area contributed by atoms with Crippen molar-refractivity contribution >= 4 is 22.6 Å². The summed E-state index contributed by atoms with van der Waals surface area (Å²) >= 11 is 2.05. The van der Waals surface area contributed by atoms with Gasteiger partial charge in [0.15, 0.2) is 0 Å². The Morgan fingerprint density at radius 3 is 2.26 bits per heavy atom. The fourth-order valence-electron chi connectivity index (χ4n) is 1.97. The molecule has 2 rings (SSSR count). The molecule has 0 bridgehead atoms. The van der Waals surface area contributed by atoms with Crippen molar-refractivity contribution in [2.24, 2.45) is 0 Å². The summed E-state index contributed by atoms with van der Waals surface area (Å²) < 4.78 is 0.666. The van der Waals surface area contributed by atoms with Crippen molar-refractivity contribution < 1.29 is 0 Å². The molecule has 0 radical (unpaired) electrons. The Hall–Kier alpha value is -1.24. The summed E-state index contributed by atoms with van der Waals surface area (Å²) in [6, 6.07) is 3.87. The summed E-state index contributed by atoms with van der Waals surface area (Å²) in [4.78, 5) is 23.8. The Morgan fingerprint density at radius 2 is 1.74 bits per heavy atom. The Morgan fingerprint density at radius 1 is 1.16 bits per heavy atom. The van der Waals surface area contributed by atoms with Crippen LogP contribution in [-0.2, 0) is 0 Å². The summed E-state index contributed by atoms with van der Waals surface area (Å²) in [6.07, 6.45) is 0. The highest BCUT2D eigenvalue weighted by Gasteiger charge is 2.13. The number of nitrogens with zero attached hydrogens (tertiary/aromatic N) is 2. The van der Waals surface area contributed by atoms with E-state index in [0.29, 0.717) is 9.39 Å². The van der Waals surface area contributed by atoms with Crippen molar-refractivity contribution in [1.82, 2.24) is 15.0 Å². The van der Waals surface area contributed by atoms with Crippen molar-refractivity contribution in [3.05, 3.63) is 43.1 Å². The second-order valence-electron chi connectivity index (χ2n) is 4.91. The van der Waals surface area contributed by atoms with Gasteiger partial charge >= 0.3 is 0 Å². The Labute approximate surface area is 125 Å². The van der Waals surface area contributed by atoms with Crippen molar-refractivity contribution in [3.63, 3.8) is 0 Å². The number of rotatable bonds is 2. The van der Waals surface area contributed by atoms with Gasteiger partial charge in [-0.05, 0) is 54.5 Å². The highest BCUT2D eigenvalue weighted by molar-refractivity contribution is 14.1. The zero-order chi connectivity index (χ0) is 14.2. The third kappa shape index (κ3) is 3.02. The number of aromatic nitrogens is 3. The van der Waals surface area contributed by atoms with Crippen LogP contribution in [0.4, 0.5) is 0 Å². The lowest BCUT2D eigenvalue weighted by Gasteiger charge is -2.10. The third-order valence-electron chi connectivity index (χ3n) is 2.79. The van der Waals surface area contributed by atoms with E-state index in [9.17, 15) is 4.79 Å². The Bertz CT molecular complexity index is 657. The molecule has 5 heteroatoms. The molecule has 0 aliphatic heterocycles. The second kappa shape index (κ2) is 5.40. The SMILES string of the molecule is Cc1cc(-c2nc(C(C)C)c(I)c(=O)[nH]2)cc(C)n1. The second-order valence-corrected chi connectivity index (χ2v) is 5.99. The van der Waals surface area contributed by atoms with E-state index in [1.165, 1.54) is 0 Å². The maximum atomic E-state index is 12.0. The first-order chi connectivity index (χ1) is 8.88. The summed E-state index contributed by atoms with van der Waals surface area (Å²) in [5, 5.41) is 0. The van der Waals surface area contributed by atoms with Crippen LogP contribution in [0, 0.1) is 17.4 Å². The lowest BCUT2D eigenvalue weighted by atomic mass is 10.1. The van der Waals surface area contributed by atoms with Gasteiger partial charge in [0, 0.05) is 17.0 Å². The fraction of sp³-hybridized carbons (Fsp3) is 0.357. The molecule has 19 heavy (non-hydrogen) atoms. The van der Waals surface area contributed by atoms with Gasteiger partial charge in [-0.2, -0.15) is 0 Å². The van der Waals surface area contributed by atoms with E-state index in [1.807, 2.05) is 39.8 Å². The van der Waals surface area contributed by atoms with Crippen LogP contribution < -0.4 is 5.56 Å². The van der Waals surface area contributed by atoms with Crippen molar-refractivity contribution in [3.8, 4) is 11.4 Å². The van der Waals surface area contributed by atoms with E-state index < -0.39 is 0 Å². The van der Waals surface area contributed by atoms with Crippen molar-refractivity contribution in [2.45, 2.75) is 33.6 Å². The first-order valence-corrected chi connectivity index (χ1v) is 7.21. The molecule has 0 spiro atoms. The van der Waals surface area contributed by atoms with Crippen LogP contribution in [0.2, 0.25) is 0 Å². The molecule has 0 saturated carbocycles. The number of aryl methyl sites for hydroxylation is 2. The number of halogens is 1. The number of H-pyrrole nitrogens is 1. The quantitative estimate of drug-likeness (QED) is 0.828. The molecule has 2 aromatic rings. The zero-order valence-corrected chi connectivity index (χ0v) is 13.6. The van der Waals surface area contributed by atoms with Gasteiger partial charge in [-0.3, -0.25) is 9.78 Å². The zero-order valence-electron chi connectivity index (χ0n) is 11.4. The molecule has 0 saturated heterocycles. The van der Waals surface area contributed by atoms with Crippen molar-refractivity contribution in [2.75, 3.05) is 0 Å². The van der Waals surface area contributed by atoms with Crippen LogP contribution in [0.5, 0.6) is 0 Å². The smallest absolute Gasteiger partial charge is 0.264 e. The van der Waals surface area contributed by atoms with E-state index in [0.717, 1.165) is 22.6 Å². The fourth-order valence-corrected chi connectivity index (χ4v) is 2.84. The van der Waals surface area contributed by atoms with Gasteiger partial charge in [-0.15, -0.1) is 0 Å². The van der Waals surface area contributed by atoms with Gasteiger partial charge in [-0.1, -0.05) is 13.8 Å². The molecule has 4 nitrogen and oxygen atoms in total. The molecule has 1 N–H and O–H groups in total. The third-order valence-corrected chi connectivity index (χ3v) is 3.83. The van der Waals surface area contributed by atoms with Gasteiger partial charge in [-0.25, -0.2) is 4.98 Å². The predicted molar refractivity (Wildman–Crippen MR) is 84.4 cm³/mol.